The Labute approximate surface area is 189 Å². The van der Waals surface area contributed by atoms with Crippen molar-refractivity contribution in [3.8, 4) is 11.1 Å². The zero-order valence-corrected chi connectivity index (χ0v) is 18.9. The summed E-state index contributed by atoms with van der Waals surface area (Å²) >= 11 is 0. The average Bonchev–Trinajstić information content (AvgIpc) is 3.09. The van der Waals surface area contributed by atoms with Crippen molar-refractivity contribution in [1.82, 2.24) is 15.8 Å². The molecule has 1 saturated heterocycles. The van der Waals surface area contributed by atoms with Crippen LogP contribution in [0.1, 0.15) is 50.7 Å². The van der Waals surface area contributed by atoms with E-state index < -0.39 is 11.7 Å². The van der Waals surface area contributed by atoms with Gasteiger partial charge >= 0.3 is 12.2 Å². The minimum absolute atomic E-state index is 0.0589. The molecule has 32 heavy (non-hydrogen) atoms. The minimum Gasteiger partial charge on any atom is -0.448 e. The van der Waals surface area contributed by atoms with Gasteiger partial charge in [0.15, 0.2) is 0 Å². The first-order valence-corrected chi connectivity index (χ1v) is 11.2. The molecule has 0 unspecified atom stereocenters. The van der Waals surface area contributed by atoms with Gasteiger partial charge < -0.3 is 14.4 Å². The first-order chi connectivity index (χ1) is 15.3. The molecule has 7 nitrogen and oxygen atoms in total. The van der Waals surface area contributed by atoms with Crippen molar-refractivity contribution in [3.05, 3.63) is 59.7 Å². The summed E-state index contributed by atoms with van der Waals surface area (Å²) in [4.78, 5) is 26.2. The summed E-state index contributed by atoms with van der Waals surface area (Å²) in [6.07, 6.45) is 0.655. The van der Waals surface area contributed by atoms with Gasteiger partial charge in [0.2, 0.25) is 0 Å². The van der Waals surface area contributed by atoms with E-state index in [1.54, 1.807) is 4.90 Å². The Morgan fingerprint density at radius 3 is 2.09 bits per heavy atom. The summed E-state index contributed by atoms with van der Waals surface area (Å²) in [6.45, 7) is 6.93. The van der Waals surface area contributed by atoms with Crippen molar-refractivity contribution in [2.24, 2.45) is 0 Å². The third kappa shape index (κ3) is 5.05. The van der Waals surface area contributed by atoms with Crippen molar-refractivity contribution in [3.63, 3.8) is 0 Å². The highest BCUT2D eigenvalue weighted by Gasteiger charge is 2.30. The lowest BCUT2D eigenvalue weighted by molar-refractivity contribution is 0.0468. The van der Waals surface area contributed by atoms with Crippen LogP contribution in [-0.2, 0) is 9.47 Å². The van der Waals surface area contributed by atoms with Crippen LogP contribution in [0.4, 0.5) is 9.59 Å². The number of likely N-dealkylation sites (tertiary alicyclic amines) is 1. The molecular formula is C25H31N3O4. The van der Waals surface area contributed by atoms with Crippen LogP contribution < -0.4 is 10.9 Å². The zero-order chi connectivity index (χ0) is 22.7. The number of hydrazine groups is 1. The standard InChI is InChI=1S/C25H31N3O4/c1-25(2,3)32-23(29)27-26-17-12-14-28(15-13-17)24(30)31-16-22-20-10-6-4-8-18(20)19-9-5-7-11-21(19)22/h4-11,17,22,26H,12-16H2,1-3H3,(H,27,29). The van der Waals surface area contributed by atoms with E-state index in [4.69, 9.17) is 9.47 Å². The number of hydrogen-bond donors (Lipinski definition) is 2. The zero-order valence-electron chi connectivity index (χ0n) is 18.9. The molecule has 2 aliphatic rings. The van der Waals surface area contributed by atoms with Crippen molar-refractivity contribution >= 4 is 12.2 Å². The number of carbonyl (C=O) groups is 2. The van der Waals surface area contributed by atoms with Crippen LogP contribution in [-0.4, -0.2) is 48.4 Å². The van der Waals surface area contributed by atoms with Crippen molar-refractivity contribution < 1.29 is 19.1 Å². The fraction of sp³-hybridized carbons (Fsp3) is 0.440. The van der Waals surface area contributed by atoms with E-state index in [-0.39, 0.29) is 18.1 Å². The first kappa shape index (κ1) is 22.1. The van der Waals surface area contributed by atoms with Crippen molar-refractivity contribution in [2.75, 3.05) is 19.7 Å². The smallest absolute Gasteiger partial charge is 0.422 e. The number of piperidine rings is 1. The Morgan fingerprint density at radius 2 is 1.53 bits per heavy atom. The maximum absolute atomic E-state index is 12.7. The average molecular weight is 438 g/mol. The quantitative estimate of drug-likeness (QED) is 0.692. The molecule has 1 aliphatic carbocycles. The molecule has 1 aliphatic heterocycles. The van der Waals surface area contributed by atoms with Crippen LogP contribution in [0.2, 0.25) is 0 Å². The van der Waals surface area contributed by atoms with Crippen LogP contribution in [0.25, 0.3) is 11.1 Å². The molecule has 0 atom stereocenters. The van der Waals surface area contributed by atoms with E-state index in [1.165, 1.54) is 22.3 Å². The molecule has 2 N–H and O–H groups in total. The molecular weight excluding hydrogens is 406 g/mol. The maximum atomic E-state index is 12.7. The molecule has 2 amide bonds. The summed E-state index contributed by atoms with van der Waals surface area (Å²) in [7, 11) is 0. The second kappa shape index (κ2) is 9.20. The predicted molar refractivity (Wildman–Crippen MR) is 122 cm³/mol. The fourth-order valence-corrected chi connectivity index (χ4v) is 4.36. The highest BCUT2D eigenvalue weighted by Crippen LogP contribution is 2.44. The van der Waals surface area contributed by atoms with Gasteiger partial charge in [0.1, 0.15) is 12.2 Å². The van der Waals surface area contributed by atoms with E-state index in [0.29, 0.717) is 19.7 Å². The molecule has 7 heteroatoms. The third-order valence-electron chi connectivity index (χ3n) is 5.87. The lowest BCUT2D eigenvalue weighted by Crippen LogP contribution is -2.51. The summed E-state index contributed by atoms with van der Waals surface area (Å²) in [5.74, 6) is 0.0589. The Morgan fingerprint density at radius 1 is 0.969 bits per heavy atom. The molecule has 2 aromatic carbocycles. The molecule has 2 aromatic rings. The van der Waals surface area contributed by atoms with Gasteiger partial charge in [0.05, 0.1) is 0 Å². The summed E-state index contributed by atoms with van der Waals surface area (Å²) in [6, 6.07) is 16.7. The SMILES string of the molecule is CC(C)(C)OC(=O)NNC1CCN(C(=O)OCC2c3ccccc3-c3ccccc32)CC1. The topological polar surface area (TPSA) is 79.9 Å². The highest BCUT2D eigenvalue weighted by molar-refractivity contribution is 5.79. The van der Waals surface area contributed by atoms with Gasteiger partial charge in [-0.3, -0.25) is 5.43 Å². The van der Waals surface area contributed by atoms with E-state index in [1.807, 2.05) is 45.0 Å². The molecule has 0 aromatic heterocycles. The van der Waals surface area contributed by atoms with Gasteiger partial charge in [0, 0.05) is 25.0 Å². The Bertz CT molecular complexity index is 932. The second-order valence-electron chi connectivity index (χ2n) is 9.34. The molecule has 0 spiro atoms. The number of nitrogens with one attached hydrogen (secondary N) is 2. The van der Waals surface area contributed by atoms with Crippen LogP contribution in [0.3, 0.4) is 0 Å². The molecule has 1 heterocycles. The fourth-order valence-electron chi connectivity index (χ4n) is 4.36. The predicted octanol–water partition coefficient (Wildman–Crippen LogP) is 4.43. The Kier molecular flexibility index (Phi) is 6.37. The monoisotopic (exact) mass is 437 g/mol. The molecule has 4 rings (SSSR count). The number of amides is 2. The van der Waals surface area contributed by atoms with Crippen LogP contribution in [0, 0.1) is 0 Å². The Hall–Kier alpha value is -3.06. The van der Waals surface area contributed by atoms with E-state index in [9.17, 15) is 9.59 Å². The summed E-state index contributed by atoms with van der Waals surface area (Å²) < 4.78 is 11.0. The molecule has 1 fully saturated rings. The van der Waals surface area contributed by atoms with Gasteiger partial charge in [-0.2, -0.15) is 0 Å². The van der Waals surface area contributed by atoms with Gasteiger partial charge in [-0.15, -0.1) is 0 Å². The van der Waals surface area contributed by atoms with Gasteiger partial charge in [-0.25, -0.2) is 15.0 Å². The second-order valence-corrected chi connectivity index (χ2v) is 9.34. The number of fused-ring (bicyclic) bond motifs is 3. The number of benzene rings is 2. The summed E-state index contributed by atoms with van der Waals surface area (Å²) in [5, 5.41) is 0. The number of nitrogens with zero attached hydrogens (tertiary/aromatic N) is 1. The van der Waals surface area contributed by atoms with E-state index in [2.05, 4.69) is 35.1 Å². The summed E-state index contributed by atoms with van der Waals surface area (Å²) in [5.41, 5.74) is 9.89. The number of rotatable bonds is 4. The van der Waals surface area contributed by atoms with Crippen molar-refractivity contribution in [1.29, 1.82) is 0 Å². The highest BCUT2D eigenvalue weighted by atomic mass is 16.6. The number of ether oxygens (including phenoxy) is 2. The lowest BCUT2D eigenvalue weighted by atomic mass is 9.98. The molecule has 0 bridgehead atoms. The Balaban J connectivity index is 1.26. The largest absolute Gasteiger partial charge is 0.448 e. The minimum atomic E-state index is -0.542. The normalized spacial score (nSPS) is 16.3. The molecule has 170 valence electrons. The van der Waals surface area contributed by atoms with Crippen LogP contribution >= 0.6 is 0 Å². The van der Waals surface area contributed by atoms with E-state index in [0.717, 1.165) is 12.8 Å². The first-order valence-electron chi connectivity index (χ1n) is 11.2. The van der Waals surface area contributed by atoms with Gasteiger partial charge in [0.25, 0.3) is 0 Å². The third-order valence-corrected chi connectivity index (χ3v) is 5.87. The lowest BCUT2D eigenvalue weighted by Gasteiger charge is -2.32. The van der Waals surface area contributed by atoms with Crippen LogP contribution in [0.15, 0.2) is 48.5 Å². The van der Waals surface area contributed by atoms with Gasteiger partial charge in [-0.05, 0) is 55.9 Å². The van der Waals surface area contributed by atoms with E-state index >= 15 is 0 Å². The van der Waals surface area contributed by atoms with Crippen molar-refractivity contribution in [2.45, 2.75) is 51.2 Å². The maximum Gasteiger partial charge on any atom is 0.422 e. The number of carbonyl (C=O) groups excluding carboxylic acids is 2. The van der Waals surface area contributed by atoms with Crippen LogP contribution in [0.5, 0.6) is 0 Å². The van der Waals surface area contributed by atoms with Gasteiger partial charge in [-0.1, -0.05) is 48.5 Å². The molecule has 0 saturated carbocycles. The number of hydrogen-bond acceptors (Lipinski definition) is 5. The molecule has 0 radical (unpaired) electrons.